The van der Waals surface area contributed by atoms with Gasteiger partial charge in [0.15, 0.2) is 27.3 Å². The van der Waals surface area contributed by atoms with Gasteiger partial charge in [0.1, 0.15) is 0 Å². The topological polar surface area (TPSA) is 89.0 Å². The predicted molar refractivity (Wildman–Crippen MR) is 115 cm³/mol. The summed E-state index contributed by atoms with van der Waals surface area (Å²) < 4.78 is 33.9. The molecule has 1 aromatic rings. The lowest BCUT2D eigenvalue weighted by atomic mass is 10.2. The van der Waals surface area contributed by atoms with Crippen LogP contribution in [0.15, 0.2) is 17.1 Å². The smallest absolute Gasteiger partial charge is 0.191 e. The maximum Gasteiger partial charge on any atom is 0.191 e. The number of benzene rings is 1. The molecule has 0 aromatic heterocycles. The highest BCUT2D eigenvalue weighted by atomic mass is 127. The van der Waals surface area contributed by atoms with Crippen molar-refractivity contribution in [1.29, 1.82) is 0 Å². The third-order valence-corrected chi connectivity index (χ3v) is 5.88. The molecule has 10 heteroatoms. The molecule has 1 aliphatic heterocycles. The normalized spacial score (nSPS) is 18.8. The summed E-state index contributed by atoms with van der Waals surface area (Å²) in [6.07, 6.45) is 0.589. The maximum atomic E-state index is 11.5. The van der Waals surface area contributed by atoms with Crippen molar-refractivity contribution in [2.75, 3.05) is 32.3 Å². The van der Waals surface area contributed by atoms with E-state index in [1.54, 1.807) is 20.2 Å². The Morgan fingerprint density at radius 3 is 2.69 bits per heavy atom. The van der Waals surface area contributed by atoms with Crippen molar-refractivity contribution in [2.24, 2.45) is 4.99 Å². The molecule has 1 saturated heterocycles. The van der Waals surface area contributed by atoms with Crippen molar-refractivity contribution in [1.82, 2.24) is 10.6 Å². The Morgan fingerprint density at radius 1 is 1.42 bits per heavy atom. The van der Waals surface area contributed by atoms with E-state index < -0.39 is 9.84 Å². The fourth-order valence-electron chi connectivity index (χ4n) is 2.64. The summed E-state index contributed by atoms with van der Waals surface area (Å²) in [6.45, 7) is 2.83. The average Bonchev–Trinajstić information content (AvgIpc) is 2.92. The van der Waals surface area contributed by atoms with E-state index in [0.717, 1.165) is 5.56 Å². The lowest BCUT2D eigenvalue weighted by Gasteiger charge is -2.17. The number of sulfone groups is 1. The summed E-state index contributed by atoms with van der Waals surface area (Å²) in [5, 5.41) is 6.77. The van der Waals surface area contributed by atoms with Crippen LogP contribution < -0.4 is 20.1 Å². The molecule has 0 saturated carbocycles. The van der Waals surface area contributed by atoms with Crippen LogP contribution in [-0.2, 0) is 16.4 Å². The molecule has 0 radical (unpaired) electrons. The number of halogens is 2. The Morgan fingerprint density at radius 2 is 2.15 bits per heavy atom. The number of aliphatic imine (C=N–C) groups is 1. The van der Waals surface area contributed by atoms with Crippen molar-refractivity contribution in [3.63, 3.8) is 0 Å². The zero-order chi connectivity index (χ0) is 18.4. The minimum atomic E-state index is -2.93. The summed E-state index contributed by atoms with van der Waals surface area (Å²) in [4.78, 5) is 4.14. The van der Waals surface area contributed by atoms with Gasteiger partial charge in [0.2, 0.25) is 0 Å². The molecule has 1 atom stereocenters. The zero-order valence-corrected chi connectivity index (χ0v) is 18.9. The van der Waals surface area contributed by atoms with Gasteiger partial charge in [-0.15, -0.1) is 24.0 Å². The lowest BCUT2D eigenvalue weighted by molar-refractivity contribution is 0.311. The number of ether oxygens (including phenoxy) is 2. The SMILES string of the molecule is CCOc1c(Cl)cc(CNC(=NC)NC2CCS(=O)(=O)C2)cc1OC.I. The van der Waals surface area contributed by atoms with Gasteiger partial charge in [-0.2, -0.15) is 0 Å². The molecule has 0 bridgehead atoms. The van der Waals surface area contributed by atoms with E-state index in [0.29, 0.717) is 42.1 Å². The van der Waals surface area contributed by atoms with Crippen molar-refractivity contribution in [3.8, 4) is 11.5 Å². The van der Waals surface area contributed by atoms with Gasteiger partial charge in [0.05, 0.1) is 30.2 Å². The standard InChI is InChI=1S/C16H24ClN3O4S.HI/c1-4-24-15-13(17)7-11(8-14(15)23-3)9-19-16(18-2)20-12-5-6-25(21,22)10-12;/h7-8,12H,4-6,9-10H2,1-3H3,(H2,18,19,20);1H. The van der Waals surface area contributed by atoms with Gasteiger partial charge < -0.3 is 20.1 Å². The van der Waals surface area contributed by atoms with Crippen molar-refractivity contribution in [2.45, 2.75) is 25.9 Å². The van der Waals surface area contributed by atoms with E-state index in [1.807, 2.05) is 13.0 Å². The molecular weight excluding hydrogens is 493 g/mol. The van der Waals surface area contributed by atoms with E-state index in [-0.39, 0.29) is 41.5 Å². The number of hydrogen-bond acceptors (Lipinski definition) is 5. The minimum absolute atomic E-state index is 0. The first kappa shape index (κ1) is 23.1. The molecule has 2 rings (SSSR count). The van der Waals surface area contributed by atoms with Crippen LogP contribution in [0.3, 0.4) is 0 Å². The Balaban J connectivity index is 0.00000338. The Labute approximate surface area is 176 Å². The third kappa shape index (κ3) is 6.34. The van der Waals surface area contributed by atoms with Crippen LogP contribution in [0.4, 0.5) is 0 Å². The average molecular weight is 518 g/mol. The van der Waals surface area contributed by atoms with E-state index in [1.165, 1.54) is 0 Å². The first-order valence-corrected chi connectivity index (χ1v) is 10.2. The van der Waals surface area contributed by atoms with Crippen LogP contribution in [-0.4, -0.2) is 52.7 Å². The van der Waals surface area contributed by atoms with Crippen molar-refractivity contribution >= 4 is 51.4 Å². The highest BCUT2D eigenvalue weighted by molar-refractivity contribution is 14.0. The van der Waals surface area contributed by atoms with Gasteiger partial charge in [0.25, 0.3) is 0 Å². The van der Waals surface area contributed by atoms with Crippen LogP contribution >= 0.6 is 35.6 Å². The Bertz CT molecular complexity index is 743. The van der Waals surface area contributed by atoms with Crippen LogP contribution in [0, 0.1) is 0 Å². The molecule has 1 unspecified atom stereocenters. The fourth-order valence-corrected chi connectivity index (χ4v) is 4.60. The highest BCUT2D eigenvalue weighted by Crippen LogP contribution is 2.36. The number of rotatable bonds is 6. The van der Waals surface area contributed by atoms with Gasteiger partial charge in [-0.1, -0.05) is 11.6 Å². The number of methoxy groups -OCH3 is 1. The van der Waals surface area contributed by atoms with Crippen LogP contribution in [0.5, 0.6) is 11.5 Å². The minimum Gasteiger partial charge on any atom is -0.493 e. The summed E-state index contributed by atoms with van der Waals surface area (Å²) in [7, 11) is 0.271. The Hall–Kier alpha value is -0.940. The first-order valence-electron chi connectivity index (χ1n) is 8.05. The lowest BCUT2D eigenvalue weighted by Crippen LogP contribution is -2.43. The van der Waals surface area contributed by atoms with Gasteiger partial charge >= 0.3 is 0 Å². The second kappa shape index (κ2) is 10.4. The number of guanidine groups is 1. The van der Waals surface area contributed by atoms with Crippen LogP contribution in [0.25, 0.3) is 0 Å². The molecule has 1 heterocycles. The van der Waals surface area contributed by atoms with Crippen LogP contribution in [0.1, 0.15) is 18.9 Å². The molecule has 0 amide bonds. The fraction of sp³-hybridized carbons (Fsp3) is 0.562. The van der Waals surface area contributed by atoms with Gasteiger partial charge in [0, 0.05) is 19.6 Å². The van der Waals surface area contributed by atoms with E-state index in [9.17, 15) is 8.42 Å². The number of hydrogen-bond donors (Lipinski definition) is 2. The molecule has 1 aliphatic rings. The first-order chi connectivity index (χ1) is 11.9. The van der Waals surface area contributed by atoms with E-state index >= 15 is 0 Å². The maximum absolute atomic E-state index is 11.5. The van der Waals surface area contributed by atoms with Gasteiger partial charge in [-0.3, -0.25) is 4.99 Å². The number of nitrogens with zero attached hydrogens (tertiary/aromatic N) is 1. The highest BCUT2D eigenvalue weighted by Gasteiger charge is 2.28. The molecule has 26 heavy (non-hydrogen) atoms. The van der Waals surface area contributed by atoms with Crippen molar-refractivity contribution in [3.05, 3.63) is 22.7 Å². The van der Waals surface area contributed by atoms with Gasteiger partial charge in [-0.05, 0) is 31.0 Å². The molecule has 1 fully saturated rings. The monoisotopic (exact) mass is 517 g/mol. The van der Waals surface area contributed by atoms with E-state index in [2.05, 4.69) is 15.6 Å². The molecular formula is C16H25ClIN3O4S. The predicted octanol–water partition coefficient (Wildman–Crippen LogP) is 2.22. The summed E-state index contributed by atoms with van der Waals surface area (Å²) in [6, 6.07) is 3.53. The van der Waals surface area contributed by atoms with Gasteiger partial charge in [-0.25, -0.2) is 8.42 Å². The summed E-state index contributed by atoms with van der Waals surface area (Å²) in [5.41, 5.74) is 0.896. The summed E-state index contributed by atoms with van der Waals surface area (Å²) in [5.74, 6) is 1.99. The quantitative estimate of drug-likeness (QED) is 0.342. The van der Waals surface area contributed by atoms with E-state index in [4.69, 9.17) is 21.1 Å². The van der Waals surface area contributed by atoms with Crippen LogP contribution in [0.2, 0.25) is 5.02 Å². The number of nitrogens with one attached hydrogen (secondary N) is 2. The zero-order valence-electron chi connectivity index (χ0n) is 15.0. The molecule has 1 aromatic carbocycles. The molecule has 7 nitrogen and oxygen atoms in total. The second-order valence-electron chi connectivity index (χ2n) is 5.71. The molecule has 2 N–H and O–H groups in total. The largest absolute Gasteiger partial charge is 0.493 e. The molecule has 0 spiro atoms. The molecule has 0 aliphatic carbocycles. The third-order valence-electron chi connectivity index (χ3n) is 3.83. The Kier molecular flexibility index (Phi) is 9.25. The second-order valence-corrected chi connectivity index (χ2v) is 8.35. The molecule has 148 valence electrons. The summed E-state index contributed by atoms with van der Waals surface area (Å²) >= 11 is 6.26. The van der Waals surface area contributed by atoms with Crippen molar-refractivity contribution < 1.29 is 17.9 Å².